The fraction of sp³-hybridized carbons (Fsp3) is 0.190. The number of thioether (sulfide) groups is 1. The van der Waals surface area contributed by atoms with E-state index in [1.807, 2.05) is 60.9 Å². The summed E-state index contributed by atoms with van der Waals surface area (Å²) in [5.41, 5.74) is 3.83. The number of aryl methyl sites for hydroxylation is 2. The van der Waals surface area contributed by atoms with Gasteiger partial charge in [-0.3, -0.25) is 9.36 Å². The van der Waals surface area contributed by atoms with E-state index in [1.165, 1.54) is 11.8 Å². The van der Waals surface area contributed by atoms with Crippen molar-refractivity contribution in [1.29, 1.82) is 0 Å². The van der Waals surface area contributed by atoms with Crippen molar-refractivity contribution in [2.75, 3.05) is 11.1 Å². The number of nitrogens with one attached hydrogen (secondary N) is 1. The van der Waals surface area contributed by atoms with Gasteiger partial charge in [0.15, 0.2) is 11.0 Å². The molecule has 0 spiro atoms. The summed E-state index contributed by atoms with van der Waals surface area (Å²) in [6.07, 6.45) is 1.78. The molecule has 28 heavy (non-hydrogen) atoms. The lowest BCUT2D eigenvalue weighted by Gasteiger charge is -2.10. The highest BCUT2D eigenvalue weighted by atomic mass is 35.5. The number of allylic oxidation sites excluding steroid dienone is 1. The van der Waals surface area contributed by atoms with Crippen molar-refractivity contribution < 1.29 is 4.79 Å². The third-order valence-corrected chi connectivity index (χ3v) is 5.31. The van der Waals surface area contributed by atoms with E-state index in [2.05, 4.69) is 22.1 Å². The SMILES string of the molecule is C=CCn1c(SCC(=O)Nc2cc(C)ccc2C)nnc1-c1cccc(Cl)c1. The molecule has 144 valence electrons. The summed E-state index contributed by atoms with van der Waals surface area (Å²) < 4.78 is 1.93. The van der Waals surface area contributed by atoms with E-state index in [-0.39, 0.29) is 11.7 Å². The largest absolute Gasteiger partial charge is 0.325 e. The van der Waals surface area contributed by atoms with E-state index in [9.17, 15) is 4.79 Å². The number of hydrogen-bond donors (Lipinski definition) is 1. The Morgan fingerprint density at radius 3 is 2.82 bits per heavy atom. The number of amides is 1. The van der Waals surface area contributed by atoms with Crippen LogP contribution in [0.1, 0.15) is 11.1 Å². The average molecular weight is 413 g/mol. The number of aromatic nitrogens is 3. The molecule has 0 atom stereocenters. The summed E-state index contributed by atoms with van der Waals surface area (Å²) in [5, 5.41) is 12.8. The minimum atomic E-state index is -0.0869. The molecule has 0 radical (unpaired) electrons. The number of rotatable bonds is 7. The van der Waals surface area contributed by atoms with E-state index in [4.69, 9.17) is 11.6 Å². The first-order valence-corrected chi connectivity index (χ1v) is 10.1. The second-order valence-electron chi connectivity index (χ2n) is 6.37. The number of anilines is 1. The first kappa shape index (κ1) is 20.2. The van der Waals surface area contributed by atoms with Crippen LogP contribution in [-0.2, 0) is 11.3 Å². The van der Waals surface area contributed by atoms with Gasteiger partial charge in [0.1, 0.15) is 0 Å². The number of benzene rings is 2. The van der Waals surface area contributed by atoms with Crippen LogP contribution >= 0.6 is 23.4 Å². The molecule has 5 nitrogen and oxygen atoms in total. The van der Waals surface area contributed by atoms with Gasteiger partial charge in [-0.25, -0.2) is 0 Å². The van der Waals surface area contributed by atoms with Crippen LogP contribution in [0.25, 0.3) is 11.4 Å². The van der Waals surface area contributed by atoms with E-state index in [0.717, 1.165) is 22.4 Å². The van der Waals surface area contributed by atoms with Gasteiger partial charge in [-0.1, -0.05) is 53.7 Å². The van der Waals surface area contributed by atoms with Gasteiger partial charge >= 0.3 is 0 Å². The van der Waals surface area contributed by atoms with E-state index < -0.39 is 0 Å². The van der Waals surface area contributed by atoms with Gasteiger partial charge in [-0.05, 0) is 43.2 Å². The molecule has 0 fully saturated rings. The highest BCUT2D eigenvalue weighted by Crippen LogP contribution is 2.26. The number of carbonyl (C=O) groups is 1. The molecule has 1 heterocycles. The molecule has 0 bridgehead atoms. The van der Waals surface area contributed by atoms with Crippen LogP contribution in [0.2, 0.25) is 5.02 Å². The summed E-state index contributed by atoms with van der Waals surface area (Å²) in [5.74, 6) is 0.842. The molecule has 1 amide bonds. The Balaban J connectivity index is 1.74. The molecule has 1 N–H and O–H groups in total. The lowest BCUT2D eigenvalue weighted by atomic mass is 10.1. The predicted molar refractivity (Wildman–Crippen MR) is 116 cm³/mol. The lowest BCUT2D eigenvalue weighted by molar-refractivity contribution is -0.113. The molecule has 0 aliphatic heterocycles. The molecular formula is C21H21ClN4OS. The predicted octanol–water partition coefficient (Wildman–Crippen LogP) is 5.13. The normalized spacial score (nSPS) is 10.7. The molecule has 0 saturated heterocycles. The highest BCUT2D eigenvalue weighted by molar-refractivity contribution is 7.99. The number of hydrogen-bond acceptors (Lipinski definition) is 4. The van der Waals surface area contributed by atoms with Crippen molar-refractivity contribution in [2.24, 2.45) is 0 Å². The highest BCUT2D eigenvalue weighted by Gasteiger charge is 2.15. The van der Waals surface area contributed by atoms with Crippen molar-refractivity contribution in [1.82, 2.24) is 14.8 Å². The van der Waals surface area contributed by atoms with Crippen LogP contribution in [0.5, 0.6) is 0 Å². The van der Waals surface area contributed by atoms with Crippen LogP contribution in [0.3, 0.4) is 0 Å². The van der Waals surface area contributed by atoms with E-state index >= 15 is 0 Å². The van der Waals surface area contributed by atoms with Crippen molar-refractivity contribution >= 4 is 35.0 Å². The number of nitrogens with zero attached hydrogens (tertiary/aromatic N) is 3. The van der Waals surface area contributed by atoms with Crippen molar-refractivity contribution in [3.63, 3.8) is 0 Å². The van der Waals surface area contributed by atoms with Gasteiger partial charge in [0.25, 0.3) is 0 Å². The second-order valence-corrected chi connectivity index (χ2v) is 7.75. The smallest absolute Gasteiger partial charge is 0.234 e. The third-order valence-electron chi connectivity index (χ3n) is 4.11. The standard InChI is InChI=1S/C21H21ClN4OS/c1-4-10-26-20(16-6-5-7-17(22)12-16)24-25-21(26)28-13-19(27)23-18-11-14(2)8-9-15(18)3/h4-9,11-12H,1,10,13H2,2-3H3,(H,23,27). The summed E-state index contributed by atoms with van der Waals surface area (Å²) in [6, 6.07) is 13.4. The Hall–Kier alpha value is -2.57. The zero-order valence-corrected chi connectivity index (χ0v) is 17.3. The Labute approximate surface area is 173 Å². The fourth-order valence-corrected chi connectivity index (χ4v) is 3.66. The Bertz CT molecular complexity index is 1020. The van der Waals surface area contributed by atoms with Crippen LogP contribution in [0.15, 0.2) is 60.3 Å². The van der Waals surface area contributed by atoms with Gasteiger partial charge in [0, 0.05) is 22.8 Å². The zero-order valence-electron chi connectivity index (χ0n) is 15.8. The Kier molecular flexibility index (Phi) is 6.54. The fourth-order valence-electron chi connectivity index (χ4n) is 2.72. The summed E-state index contributed by atoms with van der Waals surface area (Å²) >= 11 is 7.44. The minimum Gasteiger partial charge on any atom is -0.325 e. The van der Waals surface area contributed by atoms with Gasteiger partial charge in [0.2, 0.25) is 5.91 Å². The Morgan fingerprint density at radius 1 is 1.25 bits per heavy atom. The monoisotopic (exact) mass is 412 g/mol. The zero-order chi connectivity index (χ0) is 20.1. The van der Waals surface area contributed by atoms with Gasteiger partial charge in [-0.15, -0.1) is 16.8 Å². The van der Waals surface area contributed by atoms with E-state index in [0.29, 0.717) is 22.5 Å². The molecule has 2 aromatic carbocycles. The topological polar surface area (TPSA) is 59.8 Å². The molecule has 3 aromatic rings. The lowest BCUT2D eigenvalue weighted by Crippen LogP contribution is -2.15. The quantitative estimate of drug-likeness (QED) is 0.431. The van der Waals surface area contributed by atoms with E-state index in [1.54, 1.807) is 6.08 Å². The van der Waals surface area contributed by atoms with Crippen LogP contribution in [-0.4, -0.2) is 26.4 Å². The van der Waals surface area contributed by atoms with Gasteiger partial charge < -0.3 is 5.32 Å². The molecule has 0 aliphatic carbocycles. The second kappa shape index (κ2) is 9.08. The Morgan fingerprint density at radius 2 is 2.07 bits per heavy atom. The molecule has 0 unspecified atom stereocenters. The summed E-state index contributed by atoms with van der Waals surface area (Å²) in [7, 11) is 0. The third kappa shape index (κ3) is 4.82. The van der Waals surface area contributed by atoms with Crippen LogP contribution in [0.4, 0.5) is 5.69 Å². The summed E-state index contributed by atoms with van der Waals surface area (Å²) in [6.45, 7) is 8.32. The maximum Gasteiger partial charge on any atom is 0.234 e. The number of halogens is 1. The summed E-state index contributed by atoms with van der Waals surface area (Å²) in [4.78, 5) is 12.4. The first-order valence-electron chi connectivity index (χ1n) is 8.78. The van der Waals surface area contributed by atoms with Crippen LogP contribution in [0, 0.1) is 13.8 Å². The van der Waals surface area contributed by atoms with Crippen molar-refractivity contribution in [2.45, 2.75) is 25.5 Å². The maximum atomic E-state index is 12.4. The maximum absolute atomic E-state index is 12.4. The molecular weight excluding hydrogens is 392 g/mol. The molecule has 7 heteroatoms. The number of carbonyl (C=O) groups excluding carboxylic acids is 1. The first-order chi connectivity index (χ1) is 13.5. The molecule has 0 saturated carbocycles. The van der Waals surface area contributed by atoms with Crippen molar-refractivity contribution in [3.8, 4) is 11.4 Å². The average Bonchev–Trinajstić information content (AvgIpc) is 3.06. The molecule has 3 rings (SSSR count). The van der Waals surface area contributed by atoms with Gasteiger partial charge in [0.05, 0.1) is 5.75 Å². The molecule has 1 aromatic heterocycles. The molecule has 0 aliphatic rings. The van der Waals surface area contributed by atoms with Crippen LogP contribution < -0.4 is 5.32 Å². The van der Waals surface area contributed by atoms with Crippen molar-refractivity contribution in [3.05, 3.63) is 71.3 Å². The minimum absolute atomic E-state index is 0.0869. The van der Waals surface area contributed by atoms with Gasteiger partial charge in [-0.2, -0.15) is 0 Å².